The normalized spacial score (nSPS) is 12.8. The van der Waals surface area contributed by atoms with E-state index in [-0.39, 0.29) is 23.8 Å². The van der Waals surface area contributed by atoms with E-state index in [9.17, 15) is 9.90 Å². The average Bonchev–Trinajstić information content (AvgIpc) is 2.46. The molecule has 5 nitrogen and oxygen atoms in total. The van der Waals surface area contributed by atoms with Crippen molar-refractivity contribution in [2.75, 3.05) is 13.2 Å². The lowest BCUT2D eigenvalue weighted by Gasteiger charge is -2.10. The van der Waals surface area contributed by atoms with Crippen molar-refractivity contribution in [2.45, 2.75) is 20.3 Å². The van der Waals surface area contributed by atoms with Gasteiger partial charge in [-0.2, -0.15) is 0 Å². The Hall–Kier alpha value is -2.30. The number of hydrogen-bond acceptors (Lipinski definition) is 4. The van der Waals surface area contributed by atoms with Gasteiger partial charge in [-0.3, -0.25) is 4.99 Å². The summed E-state index contributed by atoms with van der Waals surface area (Å²) < 4.78 is 4.93. The van der Waals surface area contributed by atoms with Crippen molar-refractivity contribution in [3.05, 3.63) is 41.5 Å². The summed E-state index contributed by atoms with van der Waals surface area (Å²) in [6, 6.07) is 8.69. The van der Waals surface area contributed by atoms with Gasteiger partial charge in [-0.1, -0.05) is 37.3 Å². The van der Waals surface area contributed by atoms with E-state index in [0.29, 0.717) is 12.1 Å². The van der Waals surface area contributed by atoms with Gasteiger partial charge in [0, 0.05) is 12.1 Å². The van der Waals surface area contributed by atoms with Crippen LogP contribution in [0.15, 0.2) is 40.9 Å². The number of carbonyl (C=O) groups is 1. The van der Waals surface area contributed by atoms with Crippen LogP contribution in [0.3, 0.4) is 0 Å². The van der Waals surface area contributed by atoms with Crippen molar-refractivity contribution in [1.82, 2.24) is 0 Å². The minimum atomic E-state index is -0.675. The molecule has 0 radical (unpaired) electrons. The number of aliphatic imine (C=N–C) groups is 1. The number of aliphatic hydroxyl groups excluding tert-OH is 1. The quantitative estimate of drug-likeness (QED) is 0.274. The molecular formula is C15H20N2O3. The van der Waals surface area contributed by atoms with Crippen LogP contribution in [-0.4, -0.2) is 30.1 Å². The lowest BCUT2D eigenvalue weighted by atomic mass is 10.1. The molecule has 0 heterocycles. The zero-order valence-corrected chi connectivity index (χ0v) is 11.8. The smallest absolute Gasteiger partial charge is 0.345 e. The molecule has 0 aromatic heterocycles. The molecule has 108 valence electrons. The zero-order chi connectivity index (χ0) is 15.0. The van der Waals surface area contributed by atoms with Crippen LogP contribution in [0.2, 0.25) is 0 Å². The van der Waals surface area contributed by atoms with Crippen LogP contribution in [0.25, 0.3) is 5.76 Å². The van der Waals surface area contributed by atoms with Crippen molar-refractivity contribution < 1.29 is 14.6 Å². The molecule has 5 heteroatoms. The van der Waals surface area contributed by atoms with E-state index >= 15 is 0 Å². The first-order valence-electron chi connectivity index (χ1n) is 6.57. The Labute approximate surface area is 118 Å². The highest BCUT2D eigenvalue weighted by Crippen LogP contribution is 2.17. The maximum atomic E-state index is 12.0. The molecule has 0 saturated carbocycles. The highest BCUT2D eigenvalue weighted by Gasteiger charge is 2.21. The second kappa shape index (κ2) is 7.99. The Morgan fingerprint density at radius 3 is 2.50 bits per heavy atom. The first kappa shape index (κ1) is 15.8. The molecule has 1 aromatic carbocycles. The number of nitrogens with zero attached hydrogens (tertiary/aromatic N) is 1. The molecule has 1 rings (SSSR count). The fraction of sp³-hybridized carbons (Fsp3) is 0.333. The third-order valence-corrected chi connectivity index (χ3v) is 2.53. The summed E-state index contributed by atoms with van der Waals surface area (Å²) in [5.41, 5.74) is 6.20. The van der Waals surface area contributed by atoms with E-state index in [0.717, 1.165) is 6.42 Å². The topological polar surface area (TPSA) is 84.9 Å². The average molecular weight is 276 g/mol. The Balaban J connectivity index is 3.25. The van der Waals surface area contributed by atoms with Gasteiger partial charge in [0.05, 0.1) is 6.61 Å². The Bertz CT molecular complexity index is 507. The Morgan fingerprint density at radius 2 is 1.95 bits per heavy atom. The summed E-state index contributed by atoms with van der Waals surface area (Å²) >= 11 is 0. The summed E-state index contributed by atoms with van der Waals surface area (Å²) in [5, 5.41) is 10.3. The van der Waals surface area contributed by atoms with Gasteiger partial charge in [0.25, 0.3) is 0 Å². The summed E-state index contributed by atoms with van der Waals surface area (Å²) in [4.78, 5) is 16.0. The summed E-state index contributed by atoms with van der Waals surface area (Å²) in [6.07, 6.45) is 0.795. The predicted molar refractivity (Wildman–Crippen MR) is 79.4 cm³/mol. The van der Waals surface area contributed by atoms with Gasteiger partial charge >= 0.3 is 5.97 Å². The number of ether oxygens (including phenoxy) is 1. The standard InChI is InChI=1S/C15H20N2O3/c1-3-10-17-14(16)12(15(19)20-4-2)13(18)11-8-6-5-7-9-11/h5-9,18H,3-4,10H2,1-2H3,(H2,16,17). The van der Waals surface area contributed by atoms with Crippen molar-refractivity contribution in [3.63, 3.8) is 0 Å². The van der Waals surface area contributed by atoms with Crippen molar-refractivity contribution in [1.29, 1.82) is 0 Å². The summed E-state index contributed by atoms with van der Waals surface area (Å²) in [5.74, 6) is -0.903. The number of nitrogens with two attached hydrogens (primary N) is 1. The molecule has 0 unspecified atom stereocenters. The molecule has 0 saturated heterocycles. The number of carbonyl (C=O) groups excluding carboxylic acids is 1. The summed E-state index contributed by atoms with van der Waals surface area (Å²) in [7, 11) is 0. The number of hydrogen-bond donors (Lipinski definition) is 2. The van der Waals surface area contributed by atoms with E-state index in [1.54, 1.807) is 31.2 Å². The first-order chi connectivity index (χ1) is 9.61. The van der Waals surface area contributed by atoms with E-state index < -0.39 is 5.97 Å². The second-order valence-electron chi connectivity index (χ2n) is 4.08. The van der Waals surface area contributed by atoms with Crippen molar-refractivity contribution in [2.24, 2.45) is 10.7 Å². The Kier molecular flexibility index (Phi) is 6.29. The number of benzene rings is 1. The largest absolute Gasteiger partial charge is 0.506 e. The summed E-state index contributed by atoms with van der Waals surface area (Å²) in [6.45, 7) is 4.32. The van der Waals surface area contributed by atoms with Crippen LogP contribution in [0, 0.1) is 0 Å². The molecule has 20 heavy (non-hydrogen) atoms. The highest BCUT2D eigenvalue weighted by molar-refractivity contribution is 6.22. The van der Waals surface area contributed by atoms with Gasteiger partial charge in [0.15, 0.2) is 0 Å². The maximum Gasteiger partial charge on any atom is 0.345 e. The van der Waals surface area contributed by atoms with Crippen LogP contribution in [-0.2, 0) is 9.53 Å². The molecule has 0 amide bonds. The molecule has 0 atom stereocenters. The molecule has 0 spiro atoms. The van der Waals surface area contributed by atoms with E-state index in [2.05, 4.69) is 4.99 Å². The number of aliphatic hydroxyl groups is 1. The van der Waals surface area contributed by atoms with Gasteiger partial charge in [-0.15, -0.1) is 0 Å². The molecule has 0 bridgehead atoms. The lowest BCUT2D eigenvalue weighted by molar-refractivity contribution is -0.137. The molecular weight excluding hydrogens is 256 g/mol. The molecule has 3 N–H and O–H groups in total. The van der Waals surface area contributed by atoms with E-state index in [1.807, 2.05) is 13.0 Å². The van der Waals surface area contributed by atoms with Crippen molar-refractivity contribution >= 4 is 17.6 Å². The monoisotopic (exact) mass is 276 g/mol. The molecule has 0 aliphatic rings. The maximum absolute atomic E-state index is 12.0. The van der Waals surface area contributed by atoms with Gasteiger partial charge in [0.1, 0.15) is 17.2 Å². The van der Waals surface area contributed by atoms with Gasteiger partial charge in [0.2, 0.25) is 0 Å². The van der Waals surface area contributed by atoms with Crippen LogP contribution in [0.5, 0.6) is 0 Å². The van der Waals surface area contributed by atoms with Crippen molar-refractivity contribution in [3.8, 4) is 0 Å². The predicted octanol–water partition coefficient (Wildman–Crippen LogP) is 2.29. The van der Waals surface area contributed by atoms with Crippen LogP contribution in [0.4, 0.5) is 0 Å². The number of rotatable bonds is 6. The van der Waals surface area contributed by atoms with Crippen LogP contribution in [0.1, 0.15) is 25.8 Å². The molecule has 0 aliphatic carbocycles. The Morgan fingerprint density at radius 1 is 1.30 bits per heavy atom. The number of amidine groups is 1. The van der Waals surface area contributed by atoms with Crippen LogP contribution < -0.4 is 5.73 Å². The fourth-order valence-electron chi connectivity index (χ4n) is 1.58. The van der Waals surface area contributed by atoms with Gasteiger partial charge < -0.3 is 15.6 Å². The fourth-order valence-corrected chi connectivity index (χ4v) is 1.58. The minimum Gasteiger partial charge on any atom is -0.506 e. The zero-order valence-electron chi connectivity index (χ0n) is 11.8. The van der Waals surface area contributed by atoms with E-state index in [1.165, 1.54) is 0 Å². The first-order valence-corrected chi connectivity index (χ1v) is 6.57. The SMILES string of the molecule is CCCN=C(N)C(C(=O)OCC)=C(O)c1ccccc1. The second-order valence-corrected chi connectivity index (χ2v) is 4.08. The number of esters is 1. The lowest BCUT2D eigenvalue weighted by Crippen LogP contribution is -2.25. The highest BCUT2D eigenvalue weighted by atomic mass is 16.5. The molecule has 1 aromatic rings. The molecule has 0 aliphatic heterocycles. The van der Waals surface area contributed by atoms with Gasteiger partial charge in [-0.05, 0) is 13.3 Å². The van der Waals surface area contributed by atoms with E-state index in [4.69, 9.17) is 10.5 Å². The minimum absolute atomic E-state index is 0.00773. The van der Waals surface area contributed by atoms with Crippen LogP contribution >= 0.6 is 0 Å². The third-order valence-electron chi connectivity index (χ3n) is 2.53. The third kappa shape index (κ3) is 4.12. The van der Waals surface area contributed by atoms with Gasteiger partial charge in [-0.25, -0.2) is 4.79 Å². The molecule has 0 fully saturated rings.